The molecule has 0 fully saturated rings. The van der Waals surface area contributed by atoms with E-state index in [4.69, 9.17) is 5.73 Å². The Hall–Kier alpha value is -1.71. The third-order valence-corrected chi connectivity index (χ3v) is 3.34. The highest BCUT2D eigenvalue weighted by Crippen LogP contribution is 2.35. The third kappa shape index (κ3) is 2.28. The Balaban J connectivity index is 2.44. The monoisotopic (exact) mass is 247 g/mol. The molecule has 0 saturated heterocycles. The number of nitrogens with one attached hydrogen (secondary N) is 1. The lowest BCUT2D eigenvalue weighted by Crippen LogP contribution is -2.55. The number of amides is 1. The minimum atomic E-state index is -0.259. The number of nitrogens with two attached hydrogens (primary N) is 1. The summed E-state index contributed by atoms with van der Waals surface area (Å²) in [5.41, 5.74) is 7.57. The molecule has 1 atom stereocenters. The zero-order chi connectivity index (χ0) is 13.3. The summed E-state index contributed by atoms with van der Waals surface area (Å²) in [5.74, 6) is -0.259. The number of nitrogens with zero attached hydrogens (tertiary/aromatic N) is 1. The molecule has 1 aliphatic rings. The zero-order valence-electron chi connectivity index (χ0n) is 11.2. The highest BCUT2D eigenvalue weighted by Gasteiger charge is 2.34. The highest BCUT2D eigenvalue weighted by atomic mass is 16.1. The van der Waals surface area contributed by atoms with Gasteiger partial charge in [0.15, 0.2) is 0 Å². The molecule has 0 aliphatic carbocycles. The summed E-state index contributed by atoms with van der Waals surface area (Å²) < 4.78 is 0. The Kier molecular flexibility index (Phi) is 3.20. The van der Waals surface area contributed by atoms with Crippen LogP contribution in [-0.2, 0) is 4.79 Å². The molecule has 4 heteroatoms. The van der Waals surface area contributed by atoms with Gasteiger partial charge in [-0.1, -0.05) is 19.1 Å². The molecule has 1 heterocycles. The van der Waals surface area contributed by atoms with Gasteiger partial charge in [0.05, 0.1) is 11.4 Å². The van der Waals surface area contributed by atoms with Crippen LogP contribution in [0.3, 0.4) is 0 Å². The predicted octanol–water partition coefficient (Wildman–Crippen LogP) is 1.96. The van der Waals surface area contributed by atoms with Crippen molar-refractivity contribution in [1.29, 1.82) is 0 Å². The lowest BCUT2D eigenvalue weighted by atomic mass is 9.97. The Morgan fingerprint density at radius 2 is 2.17 bits per heavy atom. The van der Waals surface area contributed by atoms with E-state index in [1.54, 1.807) is 0 Å². The normalized spacial score (nSPS) is 18.7. The summed E-state index contributed by atoms with van der Waals surface area (Å²) in [6.07, 6.45) is 0.722. The summed E-state index contributed by atoms with van der Waals surface area (Å²) in [5, 5.41) is 3.49. The molecule has 98 valence electrons. The number of primary amides is 1. The smallest absolute Gasteiger partial charge is 0.240 e. The van der Waals surface area contributed by atoms with Crippen molar-refractivity contribution in [2.45, 2.75) is 38.8 Å². The van der Waals surface area contributed by atoms with Crippen LogP contribution in [-0.4, -0.2) is 24.0 Å². The first kappa shape index (κ1) is 12.7. The minimum Gasteiger partial charge on any atom is -0.377 e. The van der Waals surface area contributed by atoms with Gasteiger partial charge >= 0.3 is 0 Å². The van der Waals surface area contributed by atoms with E-state index in [-0.39, 0.29) is 17.5 Å². The number of hydrogen-bond donors (Lipinski definition) is 2. The quantitative estimate of drug-likeness (QED) is 0.858. The number of benzene rings is 1. The number of para-hydroxylation sites is 2. The Bertz CT molecular complexity index is 456. The van der Waals surface area contributed by atoms with Crippen LogP contribution in [0.5, 0.6) is 0 Å². The summed E-state index contributed by atoms with van der Waals surface area (Å²) in [7, 11) is 0. The number of carbonyl (C=O) groups is 1. The standard InChI is InChI=1S/C14H21N3O/c1-4-11(13(15)18)17-9-14(2,3)16-10-7-5-6-8-12(10)17/h5-8,11,16H,4,9H2,1-3H3,(H2,15,18). The first-order chi connectivity index (χ1) is 8.44. The number of carbonyl (C=O) groups excluding carboxylic acids is 1. The maximum absolute atomic E-state index is 11.6. The van der Waals surface area contributed by atoms with Crippen LogP contribution in [0.2, 0.25) is 0 Å². The van der Waals surface area contributed by atoms with Gasteiger partial charge in [-0.2, -0.15) is 0 Å². The van der Waals surface area contributed by atoms with Gasteiger partial charge in [-0.15, -0.1) is 0 Å². The predicted molar refractivity (Wildman–Crippen MR) is 74.8 cm³/mol. The molecule has 1 unspecified atom stereocenters. The Morgan fingerprint density at radius 3 is 2.78 bits per heavy atom. The van der Waals surface area contributed by atoms with Gasteiger partial charge in [0.25, 0.3) is 0 Å². The molecule has 0 radical (unpaired) electrons. The molecule has 0 saturated carbocycles. The molecule has 0 aromatic heterocycles. The van der Waals surface area contributed by atoms with Crippen molar-refractivity contribution in [3.8, 4) is 0 Å². The van der Waals surface area contributed by atoms with Gasteiger partial charge in [-0.25, -0.2) is 0 Å². The zero-order valence-corrected chi connectivity index (χ0v) is 11.2. The molecule has 0 spiro atoms. The van der Waals surface area contributed by atoms with E-state index in [1.165, 1.54) is 0 Å². The fourth-order valence-electron chi connectivity index (χ4n) is 2.60. The van der Waals surface area contributed by atoms with Crippen LogP contribution < -0.4 is 16.0 Å². The second-order valence-electron chi connectivity index (χ2n) is 5.48. The van der Waals surface area contributed by atoms with E-state index in [9.17, 15) is 4.79 Å². The van der Waals surface area contributed by atoms with E-state index < -0.39 is 0 Å². The fraction of sp³-hybridized carbons (Fsp3) is 0.500. The van der Waals surface area contributed by atoms with E-state index in [1.807, 2.05) is 31.2 Å². The molecule has 1 aromatic carbocycles. The van der Waals surface area contributed by atoms with Crippen molar-refractivity contribution in [3.63, 3.8) is 0 Å². The maximum Gasteiger partial charge on any atom is 0.240 e. The highest BCUT2D eigenvalue weighted by molar-refractivity contribution is 5.86. The van der Waals surface area contributed by atoms with Gasteiger partial charge in [0, 0.05) is 12.1 Å². The van der Waals surface area contributed by atoms with Crippen molar-refractivity contribution >= 4 is 17.3 Å². The molecular weight excluding hydrogens is 226 g/mol. The van der Waals surface area contributed by atoms with Crippen LogP contribution in [0, 0.1) is 0 Å². The molecule has 1 aliphatic heterocycles. The second kappa shape index (κ2) is 4.52. The first-order valence-corrected chi connectivity index (χ1v) is 6.38. The van der Waals surface area contributed by atoms with Gasteiger partial charge in [-0.3, -0.25) is 4.79 Å². The molecular formula is C14H21N3O. The molecule has 1 amide bonds. The van der Waals surface area contributed by atoms with Crippen LogP contribution >= 0.6 is 0 Å². The van der Waals surface area contributed by atoms with Crippen molar-refractivity contribution in [3.05, 3.63) is 24.3 Å². The average Bonchev–Trinajstić information content (AvgIpc) is 2.27. The second-order valence-corrected chi connectivity index (χ2v) is 5.48. The summed E-state index contributed by atoms with van der Waals surface area (Å²) >= 11 is 0. The van der Waals surface area contributed by atoms with Gasteiger partial charge < -0.3 is 16.0 Å². The average molecular weight is 247 g/mol. The number of hydrogen-bond acceptors (Lipinski definition) is 3. The largest absolute Gasteiger partial charge is 0.377 e. The minimum absolute atomic E-state index is 0.0722. The molecule has 18 heavy (non-hydrogen) atoms. The van der Waals surface area contributed by atoms with Crippen LogP contribution in [0.1, 0.15) is 27.2 Å². The Morgan fingerprint density at radius 1 is 1.50 bits per heavy atom. The Labute approximate surface area is 108 Å². The van der Waals surface area contributed by atoms with Gasteiger partial charge in [0.2, 0.25) is 5.91 Å². The number of rotatable bonds is 3. The summed E-state index contributed by atoms with van der Waals surface area (Å²) in [6, 6.07) is 7.81. The van der Waals surface area contributed by atoms with E-state index >= 15 is 0 Å². The first-order valence-electron chi connectivity index (χ1n) is 6.38. The van der Waals surface area contributed by atoms with Crippen molar-refractivity contribution < 1.29 is 4.79 Å². The van der Waals surface area contributed by atoms with E-state index in [0.717, 1.165) is 24.3 Å². The van der Waals surface area contributed by atoms with Crippen molar-refractivity contribution in [2.24, 2.45) is 5.73 Å². The SMILES string of the molecule is CCC(C(N)=O)N1CC(C)(C)Nc2ccccc21. The van der Waals surface area contributed by atoms with Crippen molar-refractivity contribution in [2.75, 3.05) is 16.8 Å². The van der Waals surface area contributed by atoms with Crippen LogP contribution in [0.4, 0.5) is 11.4 Å². The number of fused-ring (bicyclic) bond motifs is 1. The maximum atomic E-state index is 11.6. The van der Waals surface area contributed by atoms with Gasteiger partial charge in [0.1, 0.15) is 6.04 Å². The summed E-state index contributed by atoms with van der Waals surface area (Å²) in [4.78, 5) is 13.7. The van der Waals surface area contributed by atoms with Crippen LogP contribution in [0.25, 0.3) is 0 Å². The third-order valence-electron chi connectivity index (χ3n) is 3.34. The van der Waals surface area contributed by atoms with Crippen LogP contribution in [0.15, 0.2) is 24.3 Å². The lowest BCUT2D eigenvalue weighted by Gasteiger charge is -2.44. The number of anilines is 2. The van der Waals surface area contributed by atoms with Crippen molar-refractivity contribution in [1.82, 2.24) is 0 Å². The van der Waals surface area contributed by atoms with E-state index in [2.05, 4.69) is 24.1 Å². The molecule has 4 nitrogen and oxygen atoms in total. The summed E-state index contributed by atoms with van der Waals surface area (Å²) in [6.45, 7) is 7.02. The van der Waals surface area contributed by atoms with E-state index in [0.29, 0.717) is 0 Å². The lowest BCUT2D eigenvalue weighted by molar-refractivity contribution is -0.119. The van der Waals surface area contributed by atoms with Gasteiger partial charge in [-0.05, 0) is 32.4 Å². The molecule has 0 bridgehead atoms. The topological polar surface area (TPSA) is 58.4 Å². The fourth-order valence-corrected chi connectivity index (χ4v) is 2.60. The molecule has 1 aromatic rings. The molecule has 2 rings (SSSR count). The molecule has 3 N–H and O–H groups in total.